The minimum Gasteiger partial charge on any atom is -0.468 e. The van der Waals surface area contributed by atoms with E-state index in [9.17, 15) is 13.2 Å². The average Bonchev–Trinajstić information content (AvgIpc) is 3.22. The van der Waals surface area contributed by atoms with Crippen molar-refractivity contribution in [3.8, 4) is 0 Å². The van der Waals surface area contributed by atoms with Crippen LogP contribution >= 0.6 is 0 Å². The van der Waals surface area contributed by atoms with Crippen molar-refractivity contribution in [2.24, 2.45) is 0 Å². The Balaban J connectivity index is 1.28. The lowest BCUT2D eigenvalue weighted by Crippen LogP contribution is -2.57. The molecule has 158 valence electrons. The first kappa shape index (κ1) is 19.8. The molecule has 0 bridgehead atoms. The SMILES string of the molecule is O=C(CCc1c2ccccc2cc2ccccc12)N1CC(S(=O)(=O)Cc2ccco2)C1. The van der Waals surface area contributed by atoms with Crippen molar-refractivity contribution in [3.05, 3.63) is 84.3 Å². The minimum absolute atomic E-state index is 0.00136. The summed E-state index contributed by atoms with van der Waals surface area (Å²) in [6, 6.07) is 22.0. The Kier molecular flexibility index (Phi) is 5.02. The van der Waals surface area contributed by atoms with Crippen LogP contribution in [0, 0.1) is 0 Å². The van der Waals surface area contributed by atoms with Gasteiger partial charge in [-0.1, -0.05) is 48.5 Å². The first-order valence-corrected chi connectivity index (χ1v) is 12.1. The van der Waals surface area contributed by atoms with Crippen LogP contribution in [0.5, 0.6) is 0 Å². The third-order valence-electron chi connectivity index (χ3n) is 6.10. The Hall–Kier alpha value is -3.12. The van der Waals surface area contributed by atoms with Gasteiger partial charge in [-0.25, -0.2) is 8.42 Å². The Bertz CT molecular complexity index is 1300. The van der Waals surface area contributed by atoms with Gasteiger partial charge in [0.25, 0.3) is 0 Å². The maximum atomic E-state index is 12.8. The summed E-state index contributed by atoms with van der Waals surface area (Å²) >= 11 is 0. The Morgan fingerprint density at radius 1 is 0.935 bits per heavy atom. The quantitative estimate of drug-likeness (QED) is 0.424. The van der Waals surface area contributed by atoms with Gasteiger partial charge in [0.2, 0.25) is 5.91 Å². The molecule has 0 radical (unpaired) electrons. The van der Waals surface area contributed by atoms with Gasteiger partial charge in [0, 0.05) is 19.5 Å². The molecule has 31 heavy (non-hydrogen) atoms. The molecule has 1 aromatic heterocycles. The number of benzene rings is 3. The van der Waals surface area contributed by atoms with Gasteiger partial charge in [-0.15, -0.1) is 0 Å². The van der Waals surface area contributed by atoms with Crippen molar-refractivity contribution in [2.75, 3.05) is 13.1 Å². The van der Waals surface area contributed by atoms with Gasteiger partial charge in [-0.05, 0) is 51.7 Å². The van der Waals surface area contributed by atoms with Gasteiger partial charge < -0.3 is 9.32 Å². The van der Waals surface area contributed by atoms with E-state index in [2.05, 4.69) is 30.3 Å². The number of likely N-dealkylation sites (tertiary alicyclic amines) is 1. The maximum Gasteiger partial charge on any atom is 0.222 e. The van der Waals surface area contributed by atoms with Gasteiger partial charge in [0.1, 0.15) is 11.5 Å². The van der Waals surface area contributed by atoms with Gasteiger partial charge in [0.05, 0.1) is 11.5 Å². The van der Waals surface area contributed by atoms with Crippen molar-refractivity contribution in [1.82, 2.24) is 4.90 Å². The monoisotopic (exact) mass is 433 g/mol. The van der Waals surface area contributed by atoms with Crippen LogP contribution in [0.3, 0.4) is 0 Å². The van der Waals surface area contributed by atoms with Gasteiger partial charge in [-0.2, -0.15) is 0 Å². The summed E-state index contributed by atoms with van der Waals surface area (Å²) in [6.45, 7) is 0.524. The number of furan rings is 1. The van der Waals surface area contributed by atoms with Gasteiger partial charge in [-0.3, -0.25) is 4.79 Å². The number of aryl methyl sites for hydroxylation is 1. The zero-order valence-corrected chi connectivity index (χ0v) is 17.8. The lowest BCUT2D eigenvalue weighted by molar-refractivity contribution is -0.134. The molecule has 1 aliphatic rings. The van der Waals surface area contributed by atoms with E-state index in [1.165, 1.54) is 11.8 Å². The molecule has 1 fully saturated rings. The van der Waals surface area contributed by atoms with Crippen molar-refractivity contribution < 1.29 is 17.6 Å². The second-order valence-corrected chi connectivity index (χ2v) is 10.4. The number of hydrogen-bond acceptors (Lipinski definition) is 4. The minimum atomic E-state index is -3.33. The number of hydrogen-bond donors (Lipinski definition) is 0. The summed E-state index contributed by atoms with van der Waals surface area (Å²) in [5.41, 5.74) is 1.17. The molecule has 1 saturated heterocycles. The summed E-state index contributed by atoms with van der Waals surface area (Å²) in [5.74, 6) is 0.323. The number of nitrogens with zero attached hydrogens (tertiary/aromatic N) is 1. The molecule has 1 amide bonds. The predicted molar refractivity (Wildman–Crippen MR) is 121 cm³/mol. The van der Waals surface area contributed by atoms with Crippen LogP contribution in [-0.4, -0.2) is 37.6 Å². The van der Waals surface area contributed by atoms with Crippen molar-refractivity contribution in [3.63, 3.8) is 0 Å². The topological polar surface area (TPSA) is 67.6 Å². The van der Waals surface area contributed by atoms with E-state index >= 15 is 0 Å². The largest absolute Gasteiger partial charge is 0.468 e. The molecule has 3 aromatic carbocycles. The number of amides is 1. The fourth-order valence-corrected chi connectivity index (χ4v) is 5.96. The molecular weight excluding hydrogens is 410 g/mol. The standard InChI is InChI=1S/C25H23NO4S/c27-25(26-15-21(16-26)31(28,29)17-20-8-5-13-30-20)12-11-24-22-9-3-1-6-18(22)14-19-7-2-4-10-23(19)24/h1-10,13-14,21H,11-12,15-17H2. The molecule has 6 heteroatoms. The summed E-state index contributed by atoms with van der Waals surface area (Å²) in [7, 11) is -3.33. The molecule has 0 aliphatic carbocycles. The van der Waals surface area contributed by atoms with E-state index in [4.69, 9.17) is 4.42 Å². The Labute approximate surface area is 181 Å². The highest BCUT2D eigenvalue weighted by atomic mass is 32.2. The first-order valence-electron chi connectivity index (χ1n) is 10.4. The summed E-state index contributed by atoms with van der Waals surface area (Å²) in [4.78, 5) is 14.4. The molecule has 5 rings (SSSR count). The fraction of sp³-hybridized carbons (Fsp3) is 0.240. The van der Waals surface area contributed by atoms with Crippen LogP contribution in [0.4, 0.5) is 0 Å². The third-order valence-corrected chi connectivity index (χ3v) is 8.10. The summed E-state index contributed by atoms with van der Waals surface area (Å²) < 4.78 is 30.2. The molecule has 0 saturated carbocycles. The number of carbonyl (C=O) groups is 1. The van der Waals surface area contributed by atoms with Crippen LogP contribution in [-0.2, 0) is 26.8 Å². The second-order valence-electron chi connectivity index (χ2n) is 8.10. The Morgan fingerprint density at radius 2 is 1.58 bits per heavy atom. The number of sulfone groups is 1. The van der Waals surface area contributed by atoms with E-state index in [-0.39, 0.29) is 24.7 Å². The van der Waals surface area contributed by atoms with Crippen LogP contribution in [0.2, 0.25) is 0 Å². The molecule has 0 spiro atoms. The highest BCUT2D eigenvalue weighted by Crippen LogP contribution is 2.30. The van der Waals surface area contributed by atoms with E-state index in [0.29, 0.717) is 18.6 Å². The zero-order valence-electron chi connectivity index (χ0n) is 17.0. The number of carbonyl (C=O) groups excluding carboxylic acids is 1. The maximum absolute atomic E-state index is 12.8. The molecule has 0 atom stereocenters. The lowest BCUT2D eigenvalue weighted by atomic mass is 9.93. The van der Waals surface area contributed by atoms with Crippen LogP contribution in [0.1, 0.15) is 17.7 Å². The molecule has 1 aliphatic heterocycles. The second kappa shape index (κ2) is 7.85. The summed E-state index contributed by atoms with van der Waals surface area (Å²) in [5, 5.41) is 4.14. The van der Waals surface area contributed by atoms with Gasteiger partial charge >= 0.3 is 0 Å². The Morgan fingerprint density at radius 3 is 2.19 bits per heavy atom. The summed E-state index contributed by atoms with van der Waals surface area (Å²) in [6.07, 6.45) is 2.46. The molecule has 0 unspecified atom stereocenters. The van der Waals surface area contributed by atoms with Crippen LogP contribution in [0.25, 0.3) is 21.5 Å². The van der Waals surface area contributed by atoms with Crippen molar-refractivity contribution in [2.45, 2.75) is 23.8 Å². The van der Waals surface area contributed by atoms with E-state index in [1.807, 2.05) is 24.3 Å². The number of fused-ring (bicyclic) bond motifs is 2. The highest BCUT2D eigenvalue weighted by molar-refractivity contribution is 7.91. The molecule has 2 heterocycles. The lowest BCUT2D eigenvalue weighted by Gasteiger charge is -2.38. The zero-order chi connectivity index (χ0) is 21.4. The number of rotatable bonds is 6. The normalized spacial score (nSPS) is 14.8. The molecule has 4 aromatic rings. The van der Waals surface area contributed by atoms with Crippen molar-refractivity contribution >= 4 is 37.3 Å². The van der Waals surface area contributed by atoms with Gasteiger partial charge in [0.15, 0.2) is 9.84 Å². The average molecular weight is 434 g/mol. The fourth-order valence-electron chi connectivity index (χ4n) is 4.35. The predicted octanol–water partition coefficient (Wildman–Crippen LogP) is 4.34. The van der Waals surface area contributed by atoms with E-state index < -0.39 is 15.1 Å². The van der Waals surface area contributed by atoms with E-state index in [0.717, 1.165) is 21.5 Å². The molecular formula is C25H23NO4S. The van der Waals surface area contributed by atoms with Crippen LogP contribution < -0.4 is 0 Å². The van der Waals surface area contributed by atoms with Crippen LogP contribution in [0.15, 0.2) is 77.4 Å². The molecule has 0 N–H and O–H groups in total. The third kappa shape index (κ3) is 3.83. The smallest absolute Gasteiger partial charge is 0.222 e. The van der Waals surface area contributed by atoms with Crippen molar-refractivity contribution in [1.29, 1.82) is 0 Å². The highest BCUT2D eigenvalue weighted by Gasteiger charge is 2.39. The molecule has 5 nitrogen and oxygen atoms in total. The first-order chi connectivity index (χ1) is 15.0. The van der Waals surface area contributed by atoms with E-state index in [1.54, 1.807) is 17.0 Å².